The zero-order valence-corrected chi connectivity index (χ0v) is 19.2. The first-order valence-electron chi connectivity index (χ1n) is 10.6. The molecule has 0 aliphatic rings. The molecule has 1 amide bonds. The number of aromatic nitrogens is 4. The largest absolute Gasteiger partial charge is 0.436 e. The van der Waals surface area contributed by atoms with Gasteiger partial charge >= 0.3 is 5.69 Å². The fraction of sp³-hybridized carbons (Fsp3) is 0.120. The summed E-state index contributed by atoms with van der Waals surface area (Å²) in [4.78, 5) is 30.6. The van der Waals surface area contributed by atoms with Gasteiger partial charge in [0, 0.05) is 0 Å². The van der Waals surface area contributed by atoms with Crippen molar-refractivity contribution >= 4 is 39.9 Å². The predicted molar refractivity (Wildman–Crippen MR) is 131 cm³/mol. The molecule has 170 valence electrons. The van der Waals surface area contributed by atoms with E-state index in [1.165, 1.54) is 4.40 Å². The summed E-state index contributed by atoms with van der Waals surface area (Å²) in [5.41, 5.74) is 3.21. The van der Waals surface area contributed by atoms with Crippen molar-refractivity contribution in [3.8, 4) is 11.6 Å². The van der Waals surface area contributed by atoms with Gasteiger partial charge in [0.05, 0.1) is 21.7 Å². The van der Waals surface area contributed by atoms with Gasteiger partial charge < -0.3 is 10.1 Å². The molecule has 0 bridgehead atoms. The molecule has 5 aromatic rings. The summed E-state index contributed by atoms with van der Waals surface area (Å²) >= 11 is 6.22. The number of hydrogen-bond acceptors (Lipinski definition) is 5. The van der Waals surface area contributed by atoms with Gasteiger partial charge in [-0.05, 0) is 55.3 Å². The lowest BCUT2D eigenvalue weighted by molar-refractivity contribution is -0.117. The Labute approximate surface area is 199 Å². The van der Waals surface area contributed by atoms with Crippen molar-refractivity contribution in [1.29, 1.82) is 0 Å². The second kappa shape index (κ2) is 8.64. The van der Waals surface area contributed by atoms with E-state index in [0.29, 0.717) is 27.5 Å². The third-order valence-electron chi connectivity index (χ3n) is 5.37. The molecule has 1 N–H and O–H groups in total. The summed E-state index contributed by atoms with van der Waals surface area (Å²) in [5, 5.41) is 7.54. The lowest BCUT2D eigenvalue weighted by Gasteiger charge is -2.09. The van der Waals surface area contributed by atoms with E-state index in [2.05, 4.69) is 15.4 Å². The Balaban J connectivity index is 1.56. The van der Waals surface area contributed by atoms with E-state index in [-0.39, 0.29) is 18.1 Å². The van der Waals surface area contributed by atoms with E-state index in [9.17, 15) is 9.59 Å². The third-order valence-corrected chi connectivity index (χ3v) is 5.68. The van der Waals surface area contributed by atoms with Gasteiger partial charge in [-0.1, -0.05) is 48.0 Å². The number of hydrogen-bond donors (Lipinski definition) is 1. The number of carbonyl (C=O) groups is 1. The van der Waals surface area contributed by atoms with E-state index in [0.717, 1.165) is 15.8 Å². The number of carbonyl (C=O) groups excluding carboxylic acids is 1. The lowest BCUT2D eigenvalue weighted by Crippen LogP contribution is -2.28. The van der Waals surface area contributed by atoms with Gasteiger partial charge in [-0.2, -0.15) is 0 Å². The Morgan fingerprint density at radius 2 is 1.82 bits per heavy atom. The number of nitrogens with one attached hydrogen (secondary N) is 1. The van der Waals surface area contributed by atoms with Crippen LogP contribution in [0.25, 0.3) is 16.7 Å². The van der Waals surface area contributed by atoms with Crippen molar-refractivity contribution in [3.05, 3.63) is 93.4 Å². The molecule has 34 heavy (non-hydrogen) atoms. The van der Waals surface area contributed by atoms with Crippen LogP contribution in [0.5, 0.6) is 11.6 Å². The van der Waals surface area contributed by atoms with Gasteiger partial charge in [-0.15, -0.1) is 5.10 Å². The summed E-state index contributed by atoms with van der Waals surface area (Å²) in [6, 6.07) is 20.0. The van der Waals surface area contributed by atoms with Gasteiger partial charge in [-0.25, -0.2) is 18.9 Å². The molecule has 0 fully saturated rings. The smallest absolute Gasteiger partial charge is 0.351 e. The first kappa shape index (κ1) is 21.7. The quantitative estimate of drug-likeness (QED) is 0.398. The first-order chi connectivity index (χ1) is 16.4. The number of fused-ring (bicyclic) bond motifs is 3. The van der Waals surface area contributed by atoms with Gasteiger partial charge in [0.25, 0.3) is 5.88 Å². The molecule has 0 saturated heterocycles. The van der Waals surface area contributed by atoms with Crippen molar-refractivity contribution in [1.82, 2.24) is 19.2 Å². The highest BCUT2D eigenvalue weighted by atomic mass is 35.5. The summed E-state index contributed by atoms with van der Waals surface area (Å²) in [7, 11) is 0. The van der Waals surface area contributed by atoms with E-state index >= 15 is 0 Å². The Hall–Kier alpha value is -4.17. The highest BCUT2D eigenvalue weighted by Crippen LogP contribution is 2.28. The van der Waals surface area contributed by atoms with Crippen molar-refractivity contribution in [2.24, 2.45) is 0 Å². The van der Waals surface area contributed by atoms with Crippen molar-refractivity contribution in [3.63, 3.8) is 0 Å². The maximum Gasteiger partial charge on any atom is 0.351 e. The molecular weight excluding hydrogens is 454 g/mol. The van der Waals surface area contributed by atoms with Gasteiger partial charge in [0.1, 0.15) is 12.3 Å². The number of para-hydroxylation sites is 3. The van der Waals surface area contributed by atoms with E-state index < -0.39 is 11.6 Å². The molecule has 2 heterocycles. The lowest BCUT2D eigenvalue weighted by atomic mass is 10.2. The molecule has 0 saturated carbocycles. The number of anilines is 1. The third kappa shape index (κ3) is 3.99. The number of halogens is 1. The first-order valence-corrected chi connectivity index (χ1v) is 11.0. The number of ether oxygens (including phenoxy) is 1. The van der Waals surface area contributed by atoms with Crippen LogP contribution in [0.4, 0.5) is 5.69 Å². The van der Waals surface area contributed by atoms with E-state index in [1.807, 2.05) is 50.2 Å². The number of rotatable bonds is 5. The van der Waals surface area contributed by atoms with Crippen molar-refractivity contribution in [2.75, 3.05) is 5.32 Å². The highest BCUT2D eigenvalue weighted by molar-refractivity contribution is 6.33. The van der Waals surface area contributed by atoms with Crippen LogP contribution < -0.4 is 15.7 Å². The molecular formula is C25H20ClN5O3. The van der Waals surface area contributed by atoms with Crippen LogP contribution in [0.2, 0.25) is 5.02 Å². The Kier molecular flexibility index (Phi) is 5.51. The minimum Gasteiger partial charge on any atom is -0.436 e. The van der Waals surface area contributed by atoms with Crippen LogP contribution in [-0.4, -0.2) is 25.1 Å². The van der Waals surface area contributed by atoms with Crippen LogP contribution >= 0.6 is 11.6 Å². The molecule has 5 rings (SSSR count). The van der Waals surface area contributed by atoms with Crippen LogP contribution in [0.1, 0.15) is 11.1 Å². The van der Waals surface area contributed by atoms with Gasteiger partial charge in [0.15, 0.2) is 0 Å². The molecule has 9 heteroatoms. The number of aryl methyl sites for hydroxylation is 2. The molecule has 0 spiro atoms. The zero-order valence-electron chi connectivity index (χ0n) is 18.4. The Morgan fingerprint density at radius 3 is 2.62 bits per heavy atom. The minimum absolute atomic E-state index is 0.172. The highest BCUT2D eigenvalue weighted by Gasteiger charge is 2.19. The van der Waals surface area contributed by atoms with Gasteiger partial charge in [-0.3, -0.25) is 4.79 Å². The fourth-order valence-electron chi connectivity index (χ4n) is 3.66. The second-order valence-corrected chi connectivity index (χ2v) is 8.31. The minimum atomic E-state index is -0.478. The molecule has 8 nitrogen and oxygen atoms in total. The summed E-state index contributed by atoms with van der Waals surface area (Å²) in [6.45, 7) is 3.52. The number of amides is 1. The molecule has 3 aromatic carbocycles. The summed E-state index contributed by atoms with van der Waals surface area (Å²) < 4.78 is 8.56. The standard InChI is InChI=1S/C25H20ClN5O3/c1-15-11-12-18(17(26)13-15)27-22(32)14-30-25(33)31-20-9-5-4-8-19(20)28-24(23(31)29-30)34-21-10-6-3-7-16(21)2/h3-13H,14H2,1-2H3,(H,27,32). The Morgan fingerprint density at radius 1 is 1.06 bits per heavy atom. The van der Waals surface area contributed by atoms with Crippen LogP contribution in [0.3, 0.4) is 0 Å². The average Bonchev–Trinajstić information content (AvgIpc) is 3.14. The van der Waals surface area contributed by atoms with Gasteiger partial charge in [0.2, 0.25) is 11.6 Å². The van der Waals surface area contributed by atoms with Crippen LogP contribution in [0, 0.1) is 13.8 Å². The molecule has 0 radical (unpaired) electrons. The molecule has 0 atom stereocenters. The normalized spacial score (nSPS) is 11.1. The summed E-state index contributed by atoms with van der Waals surface area (Å²) in [5.74, 6) is 0.335. The zero-order chi connectivity index (χ0) is 23.8. The molecule has 0 aliphatic carbocycles. The van der Waals surface area contributed by atoms with Crippen molar-refractivity contribution < 1.29 is 9.53 Å². The molecule has 0 unspecified atom stereocenters. The average molecular weight is 474 g/mol. The SMILES string of the molecule is Cc1ccc(NC(=O)Cn2nc3c(Oc4ccccc4C)nc4ccccc4n3c2=O)c(Cl)c1. The molecule has 0 aliphatic heterocycles. The second-order valence-electron chi connectivity index (χ2n) is 7.90. The maximum absolute atomic E-state index is 13.3. The van der Waals surface area contributed by atoms with Crippen molar-refractivity contribution in [2.45, 2.75) is 20.4 Å². The fourth-order valence-corrected chi connectivity index (χ4v) is 3.95. The van der Waals surface area contributed by atoms with E-state index in [4.69, 9.17) is 16.3 Å². The number of benzene rings is 3. The van der Waals surface area contributed by atoms with Crippen LogP contribution in [-0.2, 0) is 11.3 Å². The van der Waals surface area contributed by atoms with E-state index in [1.54, 1.807) is 30.3 Å². The predicted octanol–water partition coefficient (Wildman–Crippen LogP) is 4.75. The number of nitrogens with zero attached hydrogens (tertiary/aromatic N) is 4. The topological polar surface area (TPSA) is 90.5 Å². The summed E-state index contributed by atoms with van der Waals surface area (Å²) in [6.07, 6.45) is 0. The maximum atomic E-state index is 13.3. The monoisotopic (exact) mass is 473 g/mol. The Bertz CT molecular complexity index is 1620. The molecule has 2 aromatic heterocycles. The van der Waals surface area contributed by atoms with Crippen LogP contribution in [0.15, 0.2) is 71.5 Å².